The molecule has 0 bridgehead atoms. The van der Waals surface area contributed by atoms with Crippen molar-refractivity contribution in [3.8, 4) is 0 Å². The van der Waals surface area contributed by atoms with E-state index in [1.807, 2.05) is 27.7 Å². The summed E-state index contributed by atoms with van der Waals surface area (Å²) >= 11 is 0. The van der Waals surface area contributed by atoms with Crippen LogP contribution in [0.4, 0.5) is 0 Å². The highest BCUT2D eigenvalue weighted by molar-refractivity contribution is 5.97. The van der Waals surface area contributed by atoms with Crippen LogP contribution in [-0.2, 0) is 49.6 Å². The zero-order valence-corrected chi connectivity index (χ0v) is 39.7. The van der Waals surface area contributed by atoms with Gasteiger partial charge in [0, 0.05) is 25.9 Å². The van der Waals surface area contributed by atoms with Crippen LogP contribution in [0.3, 0.4) is 0 Å². The molecule has 16 N–H and O–H groups in total. The van der Waals surface area contributed by atoms with Gasteiger partial charge in [-0.05, 0) is 88.2 Å². The molecule has 23 nitrogen and oxygen atoms in total. The van der Waals surface area contributed by atoms with Gasteiger partial charge < -0.3 is 69.9 Å². The highest BCUT2D eigenvalue weighted by Gasteiger charge is 2.37. The molecule has 23 heteroatoms. The Labute approximate surface area is 397 Å². The van der Waals surface area contributed by atoms with E-state index in [1.165, 1.54) is 4.90 Å². The quantitative estimate of drug-likeness (QED) is 0.0225. The molecule has 2 rings (SSSR count). The van der Waals surface area contributed by atoms with Gasteiger partial charge in [-0.3, -0.25) is 43.3 Å². The summed E-state index contributed by atoms with van der Waals surface area (Å²) < 4.78 is 0. The first kappa shape index (κ1) is 57.8. The Morgan fingerprint density at radius 1 is 0.706 bits per heavy atom. The number of carbonyl (C=O) groups excluding carboxylic acids is 7. The number of nitrogens with zero attached hydrogens (tertiary/aromatic N) is 2. The normalized spacial score (nSPS) is 16.0. The number of rotatable bonds is 31. The SMILES string of the molecule is CC(C)CC(N)C(=O)NC(CCC(=O)O)C(=O)NC(CCCN=C(N)N)C(=O)NCC(=O)N1CCCC1C(=O)NC(CCCCN)C(=O)NC(Cc1ccccc1)C(=O)NC(CC(C)C)C(=O)O. The van der Waals surface area contributed by atoms with Gasteiger partial charge in [-0.15, -0.1) is 0 Å². The predicted octanol–water partition coefficient (Wildman–Crippen LogP) is -1.69. The van der Waals surface area contributed by atoms with Gasteiger partial charge in [0.2, 0.25) is 41.4 Å². The van der Waals surface area contributed by atoms with E-state index in [9.17, 15) is 53.4 Å². The number of likely N-dealkylation sites (tertiary alicyclic amines) is 1. The Kier molecular flexibility index (Phi) is 25.6. The molecule has 0 radical (unpaired) electrons. The number of nitrogens with one attached hydrogen (secondary N) is 6. The van der Waals surface area contributed by atoms with Crippen LogP contribution in [0.1, 0.15) is 104 Å². The molecule has 0 saturated carbocycles. The summed E-state index contributed by atoms with van der Waals surface area (Å²) in [6.07, 6.45) is 1.49. The van der Waals surface area contributed by atoms with Crippen molar-refractivity contribution in [2.75, 3.05) is 26.2 Å². The molecule has 1 saturated heterocycles. The van der Waals surface area contributed by atoms with E-state index in [2.05, 4.69) is 36.9 Å². The summed E-state index contributed by atoms with van der Waals surface area (Å²) in [5.41, 5.74) is 23.3. The minimum Gasteiger partial charge on any atom is -0.481 e. The molecule has 68 heavy (non-hydrogen) atoms. The van der Waals surface area contributed by atoms with Gasteiger partial charge in [-0.25, -0.2) is 4.79 Å². The molecule has 7 unspecified atom stereocenters. The van der Waals surface area contributed by atoms with Gasteiger partial charge in [0.1, 0.15) is 36.3 Å². The number of benzene rings is 1. The smallest absolute Gasteiger partial charge is 0.326 e. The van der Waals surface area contributed by atoms with Crippen LogP contribution in [0, 0.1) is 11.8 Å². The van der Waals surface area contributed by atoms with Gasteiger partial charge in [-0.1, -0.05) is 58.0 Å². The van der Waals surface area contributed by atoms with Crippen molar-refractivity contribution in [2.24, 2.45) is 39.8 Å². The second kappa shape index (κ2) is 30.1. The summed E-state index contributed by atoms with van der Waals surface area (Å²) in [7, 11) is 0. The third-order valence-electron chi connectivity index (χ3n) is 11.0. The fraction of sp³-hybridized carbons (Fsp3) is 0.644. The molecule has 1 aliphatic heterocycles. The molecule has 7 atom stereocenters. The lowest BCUT2D eigenvalue weighted by Gasteiger charge is -2.28. The molecule has 1 aromatic carbocycles. The molecule has 1 fully saturated rings. The fourth-order valence-electron chi connectivity index (χ4n) is 7.53. The van der Waals surface area contributed by atoms with Crippen molar-refractivity contribution in [3.63, 3.8) is 0 Å². The Balaban J connectivity index is 2.27. The fourth-order valence-corrected chi connectivity index (χ4v) is 7.53. The number of hydrogen-bond acceptors (Lipinski definition) is 12. The highest BCUT2D eigenvalue weighted by Crippen LogP contribution is 2.19. The molecule has 0 aliphatic carbocycles. The maximum Gasteiger partial charge on any atom is 0.326 e. The number of guanidine groups is 1. The van der Waals surface area contributed by atoms with E-state index in [1.54, 1.807) is 30.3 Å². The number of unbranched alkanes of at least 4 members (excludes halogenated alkanes) is 1. The third-order valence-corrected chi connectivity index (χ3v) is 11.0. The lowest BCUT2D eigenvalue weighted by Crippen LogP contribution is -2.58. The maximum absolute atomic E-state index is 14.0. The Hall–Kier alpha value is -6.36. The third kappa shape index (κ3) is 21.5. The van der Waals surface area contributed by atoms with Gasteiger partial charge in [0.25, 0.3) is 0 Å². The van der Waals surface area contributed by atoms with E-state index in [4.69, 9.17) is 22.9 Å². The van der Waals surface area contributed by atoms with E-state index in [0.29, 0.717) is 37.8 Å². The number of hydrogen-bond donors (Lipinski definition) is 12. The Morgan fingerprint density at radius 2 is 1.26 bits per heavy atom. The standard InChI is InChI=1S/C45H74N12O11/c1-26(2)22-29(47)38(61)52-32(17-18-37(59)60)41(64)53-30(15-10-20-50-45(48)49)39(62)51-25-36(58)57-21-11-16-35(57)43(66)54-31(14-8-9-19-46)40(63)55-33(24-28-12-6-5-7-13-28)42(65)56-34(44(67)68)23-27(3)4/h5-7,12-13,26-27,29-35H,8-11,14-25,46-47H2,1-4H3,(H,51,62)(H,52,61)(H,53,64)(H,54,66)(H,55,63)(H,56,65)(H,59,60)(H,67,68)(H4,48,49,50). The molecular weight excluding hydrogens is 885 g/mol. The Morgan fingerprint density at radius 3 is 1.85 bits per heavy atom. The van der Waals surface area contributed by atoms with E-state index >= 15 is 0 Å². The average Bonchev–Trinajstić information content (AvgIpc) is 3.77. The summed E-state index contributed by atoms with van der Waals surface area (Å²) in [6, 6.07) is 0.482. The zero-order chi connectivity index (χ0) is 50.9. The molecule has 1 heterocycles. The molecule has 1 aliphatic rings. The predicted molar refractivity (Wildman–Crippen MR) is 252 cm³/mol. The van der Waals surface area contributed by atoms with Crippen LogP contribution in [0.2, 0.25) is 0 Å². The van der Waals surface area contributed by atoms with Gasteiger partial charge in [-0.2, -0.15) is 0 Å². The van der Waals surface area contributed by atoms with Crippen LogP contribution in [-0.4, -0.2) is 143 Å². The van der Waals surface area contributed by atoms with E-state index < -0.39 is 109 Å². The molecule has 7 amide bonds. The number of nitrogens with two attached hydrogens (primary N) is 4. The molecular formula is C45H74N12O11. The topological polar surface area (TPSA) is 386 Å². The van der Waals surface area contributed by atoms with Crippen LogP contribution in [0.5, 0.6) is 0 Å². The number of carboxylic acids is 2. The van der Waals surface area contributed by atoms with Crippen LogP contribution >= 0.6 is 0 Å². The maximum atomic E-state index is 14.0. The van der Waals surface area contributed by atoms with Crippen molar-refractivity contribution >= 4 is 59.2 Å². The van der Waals surface area contributed by atoms with Crippen LogP contribution in [0.15, 0.2) is 35.3 Å². The van der Waals surface area contributed by atoms with Crippen molar-refractivity contribution in [2.45, 2.75) is 147 Å². The average molecular weight is 959 g/mol. The van der Waals surface area contributed by atoms with E-state index in [-0.39, 0.29) is 75.8 Å². The summed E-state index contributed by atoms with van der Waals surface area (Å²) in [5, 5.41) is 34.7. The summed E-state index contributed by atoms with van der Waals surface area (Å²) in [4.78, 5) is 124. The number of aliphatic carboxylic acids is 2. The first-order valence-electron chi connectivity index (χ1n) is 23.2. The van der Waals surface area contributed by atoms with E-state index in [0.717, 1.165) is 0 Å². The largest absolute Gasteiger partial charge is 0.481 e. The first-order valence-corrected chi connectivity index (χ1v) is 23.2. The van der Waals surface area contributed by atoms with Crippen LogP contribution in [0.25, 0.3) is 0 Å². The second-order valence-electron chi connectivity index (χ2n) is 17.8. The van der Waals surface area contributed by atoms with Crippen molar-refractivity contribution in [1.29, 1.82) is 0 Å². The number of aliphatic imine (C=N–C) groups is 1. The minimum absolute atomic E-state index is 0.0162. The number of carbonyl (C=O) groups is 9. The highest BCUT2D eigenvalue weighted by atomic mass is 16.4. The van der Waals surface area contributed by atoms with Crippen molar-refractivity contribution in [1.82, 2.24) is 36.8 Å². The van der Waals surface area contributed by atoms with Gasteiger partial charge in [0.05, 0.1) is 12.6 Å². The number of amides is 7. The second-order valence-corrected chi connectivity index (χ2v) is 17.8. The monoisotopic (exact) mass is 959 g/mol. The zero-order valence-electron chi connectivity index (χ0n) is 39.7. The first-order chi connectivity index (χ1) is 32.1. The molecule has 1 aromatic rings. The lowest BCUT2D eigenvalue weighted by atomic mass is 10.0. The van der Waals surface area contributed by atoms with Gasteiger partial charge >= 0.3 is 11.9 Å². The molecule has 380 valence electrons. The van der Waals surface area contributed by atoms with Crippen molar-refractivity contribution < 1.29 is 53.4 Å². The Bertz CT molecular complexity index is 1880. The van der Waals surface area contributed by atoms with Gasteiger partial charge in [0.15, 0.2) is 5.96 Å². The molecule has 0 aromatic heterocycles. The van der Waals surface area contributed by atoms with Crippen LogP contribution < -0.4 is 54.8 Å². The van der Waals surface area contributed by atoms with Crippen molar-refractivity contribution in [3.05, 3.63) is 35.9 Å². The summed E-state index contributed by atoms with van der Waals surface area (Å²) in [6.45, 7) is 7.25. The molecule has 0 spiro atoms. The summed E-state index contributed by atoms with van der Waals surface area (Å²) in [5.74, 6) is -7.76. The number of carboxylic acid groups (broad SMARTS) is 2. The minimum atomic E-state index is -1.37. The lowest BCUT2D eigenvalue weighted by molar-refractivity contribution is -0.143.